The van der Waals surface area contributed by atoms with E-state index >= 15 is 0 Å². The van der Waals surface area contributed by atoms with Crippen LogP contribution in [0.15, 0.2) is 48.5 Å². The van der Waals surface area contributed by atoms with Crippen molar-refractivity contribution in [2.75, 3.05) is 0 Å². The lowest BCUT2D eigenvalue weighted by molar-refractivity contribution is 0.101. The largest absolute Gasteiger partial charge is 0.294 e. The third-order valence-corrected chi connectivity index (χ3v) is 5.72. The average molecular weight is 311 g/mol. The molecule has 0 aliphatic heterocycles. The van der Waals surface area contributed by atoms with Gasteiger partial charge in [0.25, 0.3) is 0 Å². The van der Waals surface area contributed by atoms with E-state index in [4.69, 9.17) is 0 Å². The maximum Gasteiger partial charge on any atom is 0.160 e. The van der Waals surface area contributed by atoms with Gasteiger partial charge in [-0.05, 0) is 36.5 Å². The Hall–Kier alpha value is -1.67. The molecule has 0 spiro atoms. The van der Waals surface area contributed by atoms with Crippen molar-refractivity contribution in [3.63, 3.8) is 0 Å². The molecule has 0 N–H and O–H groups in total. The molecule has 0 heterocycles. The molecule has 2 heteroatoms. The number of aryl methyl sites for hydroxylation is 1. The molecule has 2 aromatic rings. The third kappa shape index (κ3) is 4.67. The SMILES string of the molecule is CC(=O)c1c(CC[Si](C)(C)C)cccc1Cc1ccccc1. The highest BCUT2D eigenvalue weighted by Gasteiger charge is 2.17. The first-order valence-electron chi connectivity index (χ1n) is 8.02. The first-order valence-corrected chi connectivity index (χ1v) is 11.7. The lowest BCUT2D eigenvalue weighted by atomic mass is 9.92. The van der Waals surface area contributed by atoms with Gasteiger partial charge in [-0.2, -0.15) is 0 Å². The maximum absolute atomic E-state index is 12.2. The minimum Gasteiger partial charge on any atom is -0.294 e. The Bertz CT molecular complexity index is 639. The van der Waals surface area contributed by atoms with Gasteiger partial charge in [0.15, 0.2) is 5.78 Å². The number of carbonyl (C=O) groups is 1. The summed E-state index contributed by atoms with van der Waals surface area (Å²) in [6, 6.07) is 17.9. The van der Waals surface area contributed by atoms with Gasteiger partial charge in [0, 0.05) is 13.6 Å². The first kappa shape index (κ1) is 16.7. The van der Waals surface area contributed by atoms with E-state index in [0.29, 0.717) is 0 Å². The van der Waals surface area contributed by atoms with Crippen LogP contribution in [0.25, 0.3) is 0 Å². The van der Waals surface area contributed by atoms with Crippen molar-refractivity contribution in [2.45, 2.75) is 45.5 Å². The highest BCUT2D eigenvalue weighted by atomic mass is 28.3. The summed E-state index contributed by atoms with van der Waals surface area (Å²) in [5, 5.41) is 0. The summed E-state index contributed by atoms with van der Waals surface area (Å²) in [5.41, 5.74) is 4.59. The lowest BCUT2D eigenvalue weighted by Crippen LogP contribution is -2.20. The molecular formula is C20H26OSi. The summed E-state index contributed by atoms with van der Waals surface area (Å²) in [5.74, 6) is 0.192. The zero-order valence-corrected chi connectivity index (χ0v) is 15.1. The highest BCUT2D eigenvalue weighted by molar-refractivity contribution is 6.76. The molecule has 2 rings (SSSR count). The Labute approximate surface area is 135 Å². The van der Waals surface area contributed by atoms with E-state index in [9.17, 15) is 4.79 Å². The number of Topliss-reactive ketones (excluding diaryl/α,β-unsaturated/α-hetero) is 1. The highest BCUT2D eigenvalue weighted by Crippen LogP contribution is 2.23. The molecule has 0 radical (unpaired) electrons. The molecule has 0 fully saturated rings. The van der Waals surface area contributed by atoms with Crippen LogP contribution >= 0.6 is 0 Å². The fourth-order valence-electron chi connectivity index (χ4n) is 2.79. The standard InChI is InChI=1S/C20H26OSi/c1-16(21)20-18(13-14-22(2,3)4)11-8-12-19(20)15-17-9-6-5-7-10-17/h5-12H,13-15H2,1-4H3. The van der Waals surface area contributed by atoms with E-state index in [-0.39, 0.29) is 5.78 Å². The monoisotopic (exact) mass is 310 g/mol. The van der Waals surface area contributed by atoms with Gasteiger partial charge in [-0.1, -0.05) is 74.2 Å². The van der Waals surface area contributed by atoms with Crippen molar-refractivity contribution in [3.8, 4) is 0 Å². The molecule has 0 aliphatic carbocycles. The van der Waals surface area contributed by atoms with Crippen LogP contribution in [0.5, 0.6) is 0 Å². The summed E-state index contributed by atoms with van der Waals surface area (Å²) < 4.78 is 0. The third-order valence-electron chi connectivity index (χ3n) is 3.97. The van der Waals surface area contributed by atoms with E-state index in [1.54, 1.807) is 6.92 Å². The molecule has 0 saturated carbocycles. The molecule has 0 atom stereocenters. The topological polar surface area (TPSA) is 17.1 Å². The summed E-state index contributed by atoms with van der Waals surface area (Å²) in [4.78, 5) is 12.2. The zero-order valence-electron chi connectivity index (χ0n) is 14.1. The second-order valence-corrected chi connectivity index (χ2v) is 12.9. The molecule has 1 nitrogen and oxygen atoms in total. The molecule has 0 aliphatic rings. The normalized spacial score (nSPS) is 11.5. The van der Waals surface area contributed by atoms with Gasteiger partial charge in [-0.3, -0.25) is 4.79 Å². The van der Waals surface area contributed by atoms with Crippen LogP contribution in [0.3, 0.4) is 0 Å². The van der Waals surface area contributed by atoms with Crippen molar-refractivity contribution in [2.24, 2.45) is 0 Å². The van der Waals surface area contributed by atoms with E-state index < -0.39 is 8.07 Å². The van der Waals surface area contributed by atoms with Crippen molar-refractivity contribution in [1.29, 1.82) is 0 Å². The van der Waals surface area contributed by atoms with Crippen molar-refractivity contribution < 1.29 is 4.79 Å². The predicted octanol–water partition coefficient (Wildman–Crippen LogP) is 5.36. The van der Waals surface area contributed by atoms with E-state index in [1.807, 2.05) is 6.07 Å². The summed E-state index contributed by atoms with van der Waals surface area (Å²) in [6.45, 7) is 8.85. The van der Waals surface area contributed by atoms with E-state index in [0.717, 1.165) is 24.0 Å². The Morgan fingerprint density at radius 3 is 2.14 bits per heavy atom. The second-order valence-electron chi connectivity index (χ2n) is 7.23. The van der Waals surface area contributed by atoms with Crippen molar-refractivity contribution in [3.05, 3.63) is 70.8 Å². The molecule has 22 heavy (non-hydrogen) atoms. The minimum absolute atomic E-state index is 0.192. The molecule has 2 aromatic carbocycles. The molecular weight excluding hydrogens is 284 g/mol. The molecule has 116 valence electrons. The number of carbonyl (C=O) groups excluding carboxylic acids is 1. The van der Waals surface area contributed by atoms with Crippen LogP contribution < -0.4 is 0 Å². The number of ketones is 1. The van der Waals surface area contributed by atoms with Crippen LogP contribution in [0.2, 0.25) is 25.7 Å². The van der Waals surface area contributed by atoms with Gasteiger partial charge in [-0.25, -0.2) is 0 Å². The van der Waals surface area contributed by atoms with Gasteiger partial charge < -0.3 is 0 Å². The molecule has 0 bridgehead atoms. The average Bonchev–Trinajstić information content (AvgIpc) is 2.45. The van der Waals surface area contributed by atoms with Gasteiger partial charge in [0.05, 0.1) is 0 Å². The van der Waals surface area contributed by atoms with E-state index in [1.165, 1.54) is 17.2 Å². The lowest BCUT2D eigenvalue weighted by Gasteiger charge is -2.18. The molecule has 0 unspecified atom stereocenters. The molecule has 0 saturated heterocycles. The maximum atomic E-state index is 12.2. The summed E-state index contributed by atoms with van der Waals surface area (Å²) in [6.07, 6.45) is 1.85. The van der Waals surface area contributed by atoms with Gasteiger partial charge >= 0.3 is 0 Å². The summed E-state index contributed by atoms with van der Waals surface area (Å²) in [7, 11) is -1.10. The van der Waals surface area contributed by atoms with Crippen LogP contribution in [0.1, 0.15) is 34.0 Å². The minimum atomic E-state index is -1.10. The van der Waals surface area contributed by atoms with Crippen molar-refractivity contribution in [1.82, 2.24) is 0 Å². The van der Waals surface area contributed by atoms with Crippen LogP contribution in [-0.4, -0.2) is 13.9 Å². The molecule has 0 amide bonds. The van der Waals surface area contributed by atoms with Gasteiger partial charge in [0.1, 0.15) is 0 Å². The fraction of sp³-hybridized carbons (Fsp3) is 0.350. The summed E-state index contributed by atoms with van der Waals surface area (Å²) >= 11 is 0. The number of rotatable bonds is 6. The van der Waals surface area contributed by atoms with Crippen LogP contribution in [0.4, 0.5) is 0 Å². The second kappa shape index (κ2) is 7.06. The Morgan fingerprint density at radius 1 is 0.909 bits per heavy atom. The Balaban J connectivity index is 2.32. The fourth-order valence-corrected chi connectivity index (χ4v) is 3.81. The quantitative estimate of drug-likeness (QED) is 0.518. The van der Waals surface area contributed by atoms with Crippen molar-refractivity contribution >= 4 is 13.9 Å². The van der Waals surface area contributed by atoms with Gasteiger partial charge in [0.2, 0.25) is 0 Å². The number of benzene rings is 2. The van der Waals surface area contributed by atoms with Gasteiger partial charge in [-0.15, -0.1) is 0 Å². The number of hydrogen-bond donors (Lipinski definition) is 0. The number of hydrogen-bond acceptors (Lipinski definition) is 1. The predicted molar refractivity (Wildman–Crippen MR) is 97.6 cm³/mol. The van der Waals surface area contributed by atoms with Crippen LogP contribution in [0, 0.1) is 0 Å². The van der Waals surface area contributed by atoms with Crippen LogP contribution in [-0.2, 0) is 12.8 Å². The zero-order chi connectivity index (χ0) is 16.2. The Kier molecular flexibility index (Phi) is 5.36. The Morgan fingerprint density at radius 2 is 1.55 bits per heavy atom. The van der Waals surface area contributed by atoms with E-state index in [2.05, 4.69) is 62.1 Å². The molecule has 0 aromatic heterocycles. The first-order chi connectivity index (χ1) is 10.4. The smallest absolute Gasteiger partial charge is 0.160 e.